The molecule has 2 N–H and O–H groups in total. The zero-order valence-corrected chi connectivity index (χ0v) is 14.3. The molecule has 0 saturated carbocycles. The van der Waals surface area contributed by atoms with Crippen LogP contribution in [0.4, 0.5) is 0 Å². The van der Waals surface area contributed by atoms with Crippen molar-refractivity contribution in [3.05, 3.63) is 12.7 Å². The number of unbranched alkanes of at least 4 members (excludes halogenated alkanes) is 2. The molecular weight excluding hydrogens is 326 g/mol. The van der Waals surface area contributed by atoms with E-state index in [4.69, 9.17) is 14.0 Å². The van der Waals surface area contributed by atoms with E-state index in [2.05, 4.69) is 11.9 Å². The molecule has 0 rings (SSSR count). The maximum absolute atomic E-state index is 11.5. The summed E-state index contributed by atoms with van der Waals surface area (Å²) in [7, 11) is -4.42. The van der Waals surface area contributed by atoms with Crippen LogP contribution in [-0.4, -0.2) is 49.5 Å². The molecule has 0 aliphatic rings. The summed E-state index contributed by atoms with van der Waals surface area (Å²) in [5.41, 5.74) is 0. The van der Waals surface area contributed by atoms with E-state index < -0.39 is 40.1 Å². The van der Waals surface area contributed by atoms with E-state index in [0.717, 1.165) is 18.9 Å². The predicted molar refractivity (Wildman–Crippen MR) is 84.2 cm³/mol. The molecule has 2 atom stereocenters. The number of nitrogens with one attached hydrogen (secondary N) is 1. The van der Waals surface area contributed by atoms with Crippen LogP contribution in [0, 0.1) is 0 Å². The average molecular weight is 351 g/mol. The number of hydrogen-bond acceptors (Lipinski definition) is 7. The Morgan fingerprint density at radius 3 is 2.52 bits per heavy atom. The molecule has 8 nitrogen and oxygen atoms in total. The Morgan fingerprint density at radius 1 is 1.35 bits per heavy atom. The molecule has 0 saturated heterocycles. The largest absolute Gasteiger partial charge is 0.464 e. The van der Waals surface area contributed by atoms with Gasteiger partial charge in [0.25, 0.3) is 10.1 Å². The third-order valence-electron chi connectivity index (χ3n) is 2.93. The summed E-state index contributed by atoms with van der Waals surface area (Å²) in [4.78, 5) is 22.5. The first kappa shape index (κ1) is 21.6. The first-order valence-electron chi connectivity index (χ1n) is 7.39. The van der Waals surface area contributed by atoms with Gasteiger partial charge in [-0.2, -0.15) is 8.42 Å². The normalized spacial score (nSPS) is 13.9. The van der Waals surface area contributed by atoms with Crippen LogP contribution in [0.15, 0.2) is 12.7 Å². The van der Waals surface area contributed by atoms with Crippen LogP contribution in [0.25, 0.3) is 0 Å². The first-order chi connectivity index (χ1) is 10.7. The summed E-state index contributed by atoms with van der Waals surface area (Å²) in [5.74, 6) is -1.19. The molecule has 0 bridgehead atoms. The minimum atomic E-state index is -4.42. The highest BCUT2D eigenvalue weighted by Gasteiger charge is 2.25. The summed E-state index contributed by atoms with van der Waals surface area (Å²) in [6, 6.07) is 0. The van der Waals surface area contributed by atoms with Crippen molar-refractivity contribution in [2.45, 2.75) is 51.0 Å². The summed E-state index contributed by atoms with van der Waals surface area (Å²) < 4.78 is 41.4. The van der Waals surface area contributed by atoms with E-state index in [9.17, 15) is 18.0 Å². The highest BCUT2D eigenvalue weighted by molar-refractivity contribution is 7.86. The van der Waals surface area contributed by atoms with Gasteiger partial charge in [-0.1, -0.05) is 26.3 Å². The van der Waals surface area contributed by atoms with Crippen molar-refractivity contribution in [2.24, 2.45) is 0 Å². The fourth-order valence-corrected chi connectivity index (χ4v) is 2.14. The SMILES string of the molecule is C=CC(=O)OC(C)NCC(COC(=O)CCCCC)S(=O)(=O)O. The van der Waals surface area contributed by atoms with Crippen LogP contribution in [0.2, 0.25) is 0 Å². The molecule has 0 aromatic heterocycles. The number of hydrogen-bond donors (Lipinski definition) is 2. The van der Waals surface area contributed by atoms with Crippen LogP contribution in [0.3, 0.4) is 0 Å². The van der Waals surface area contributed by atoms with Gasteiger partial charge >= 0.3 is 11.9 Å². The summed E-state index contributed by atoms with van der Waals surface area (Å²) in [6.07, 6.45) is 2.88. The number of carbonyl (C=O) groups is 2. The second-order valence-electron chi connectivity index (χ2n) is 4.97. The van der Waals surface area contributed by atoms with Crippen LogP contribution < -0.4 is 5.32 Å². The second-order valence-corrected chi connectivity index (χ2v) is 6.67. The van der Waals surface area contributed by atoms with Crippen LogP contribution in [0.1, 0.15) is 39.5 Å². The smallest absolute Gasteiger partial charge is 0.331 e. The fraction of sp³-hybridized carbons (Fsp3) is 0.714. The topological polar surface area (TPSA) is 119 Å². The van der Waals surface area contributed by atoms with Crippen LogP contribution >= 0.6 is 0 Å². The maximum Gasteiger partial charge on any atom is 0.331 e. The van der Waals surface area contributed by atoms with Gasteiger partial charge in [-0.25, -0.2) is 4.79 Å². The third-order valence-corrected chi connectivity index (χ3v) is 4.07. The van der Waals surface area contributed by atoms with Crippen molar-refractivity contribution in [1.82, 2.24) is 5.32 Å². The number of ether oxygens (including phenoxy) is 2. The van der Waals surface area contributed by atoms with Gasteiger partial charge in [0, 0.05) is 19.0 Å². The molecule has 0 aromatic carbocycles. The lowest BCUT2D eigenvalue weighted by atomic mass is 10.2. The minimum absolute atomic E-state index is 0.201. The molecule has 134 valence electrons. The van der Waals surface area contributed by atoms with E-state index in [1.54, 1.807) is 0 Å². The molecule has 2 unspecified atom stereocenters. The van der Waals surface area contributed by atoms with Crippen LogP contribution in [-0.2, 0) is 29.2 Å². The molecule has 23 heavy (non-hydrogen) atoms. The standard InChI is InChI=1S/C14H25NO7S/c1-4-6-7-8-14(17)21-10-12(23(18,19)20)9-15-11(3)22-13(16)5-2/h5,11-12,15H,2,4,6-10H2,1,3H3,(H,18,19,20). The monoisotopic (exact) mass is 351 g/mol. The van der Waals surface area contributed by atoms with Gasteiger partial charge in [0.15, 0.2) is 6.23 Å². The molecule has 0 aliphatic heterocycles. The van der Waals surface area contributed by atoms with E-state index in [1.807, 2.05) is 6.92 Å². The Bertz CT molecular complexity index is 489. The first-order valence-corrected chi connectivity index (χ1v) is 8.89. The average Bonchev–Trinajstić information content (AvgIpc) is 2.45. The summed E-state index contributed by atoms with van der Waals surface area (Å²) >= 11 is 0. The van der Waals surface area contributed by atoms with Gasteiger partial charge in [-0.15, -0.1) is 0 Å². The molecule has 0 aliphatic carbocycles. The Kier molecular flexibility index (Phi) is 10.4. The molecule has 0 fully saturated rings. The summed E-state index contributed by atoms with van der Waals surface area (Å²) in [6.45, 7) is 5.99. The molecule has 0 amide bonds. The second kappa shape index (κ2) is 11.1. The molecular formula is C14H25NO7S. The lowest BCUT2D eigenvalue weighted by Crippen LogP contribution is -2.42. The quantitative estimate of drug-likeness (QED) is 0.176. The Balaban J connectivity index is 4.36. The molecule has 0 aromatic rings. The maximum atomic E-state index is 11.5. The Morgan fingerprint density at radius 2 is 2.00 bits per heavy atom. The summed E-state index contributed by atoms with van der Waals surface area (Å²) in [5, 5.41) is 1.26. The molecule has 9 heteroatoms. The van der Waals surface area contributed by atoms with E-state index >= 15 is 0 Å². The number of carbonyl (C=O) groups excluding carboxylic acids is 2. The minimum Gasteiger partial charge on any atom is -0.464 e. The van der Waals surface area contributed by atoms with Crippen molar-refractivity contribution >= 4 is 22.1 Å². The van der Waals surface area contributed by atoms with Crippen molar-refractivity contribution in [2.75, 3.05) is 13.2 Å². The third kappa shape index (κ3) is 10.8. The lowest BCUT2D eigenvalue weighted by Gasteiger charge is -2.18. The number of esters is 2. The van der Waals surface area contributed by atoms with E-state index in [0.29, 0.717) is 6.42 Å². The Labute approximate surface area is 137 Å². The van der Waals surface area contributed by atoms with Crippen molar-refractivity contribution in [1.29, 1.82) is 0 Å². The zero-order chi connectivity index (χ0) is 17.9. The van der Waals surface area contributed by atoms with Gasteiger partial charge in [-0.05, 0) is 13.3 Å². The fourth-order valence-electron chi connectivity index (χ4n) is 1.59. The van der Waals surface area contributed by atoms with Gasteiger partial charge in [0.2, 0.25) is 0 Å². The Hall–Kier alpha value is -1.45. The van der Waals surface area contributed by atoms with Gasteiger partial charge < -0.3 is 9.47 Å². The van der Waals surface area contributed by atoms with Crippen molar-refractivity contribution in [3.63, 3.8) is 0 Å². The lowest BCUT2D eigenvalue weighted by molar-refractivity contribution is -0.143. The predicted octanol–water partition coefficient (Wildman–Crippen LogP) is 1.03. The molecule has 0 radical (unpaired) electrons. The van der Waals surface area contributed by atoms with Crippen LogP contribution in [0.5, 0.6) is 0 Å². The molecule has 0 heterocycles. The van der Waals surface area contributed by atoms with Crippen molar-refractivity contribution in [3.8, 4) is 0 Å². The van der Waals surface area contributed by atoms with Gasteiger partial charge in [0.1, 0.15) is 11.9 Å². The van der Waals surface area contributed by atoms with Gasteiger partial charge in [-0.3, -0.25) is 14.7 Å². The highest BCUT2D eigenvalue weighted by atomic mass is 32.2. The highest BCUT2D eigenvalue weighted by Crippen LogP contribution is 2.04. The zero-order valence-electron chi connectivity index (χ0n) is 13.5. The van der Waals surface area contributed by atoms with Crippen molar-refractivity contribution < 1.29 is 32.0 Å². The van der Waals surface area contributed by atoms with Gasteiger partial charge in [0.05, 0.1) is 0 Å². The number of rotatable bonds is 12. The molecule has 0 spiro atoms. The van der Waals surface area contributed by atoms with E-state index in [-0.39, 0.29) is 13.0 Å². The van der Waals surface area contributed by atoms with E-state index in [1.165, 1.54) is 6.92 Å².